The van der Waals surface area contributed by atoms with Gasteiger partial charge in [-0.3, -0.25) is 9.59 Å². The molecule has 0 unspecified atom stereocenters. The molecule has 0 radical (unpaired) electrons. The Kier molecular flexibility index (Phi) is 5.68. The van der Waals surface area contributed by atoms with E-state index >= 15 is 8.78 Å². The third-order valence-electron chi connectivity index (χ3n) is 5.66. The van der Waals surface area contributed by atoms with Gasteiger partial charge in [-0.15, -0.1) is 0 Å². The van der Waals surface area contributed by atoms with E-state index in [1.807, 2.05) is 0 Å². The van der Waals surface area contributed by atoms with E-state index in [0.717, 1.165) is 12.1 Å². The molecule has 0 aliphatic carbocycles. The van der Waals surface area contributed by atoms with E-state index in [2.05, 4.69) is 16.9 Å². The second kappa shape index (κ2) is 8.18. The van der Waals surface area contributed by atoms with E-state index in [1.165, 1.54) is 41.0 Å². The Hall–Kier alpha value is -2.97. The van der Waals surface area contributed by atoms with Gasteiger partial charge in [-0.1, -0.05) is 29.8 Å². The number of aryl methyl sites for hydroxylation is 1. The number of likely N-dealkylation sites (tertiary alicyclic amines) is 1. The molecule has 1 atom stereocenters. The van der Waals surface area contributed by atoms with Gasteiger partial charge in [-0.25, -0.2) is 13.8 Å². The highest BCUT2D eigenvalue weighted by atomic mass is 35.5. The van der Waals surface area contributed by atoms with E-state index < -0.39 is 17.2 Å². The molecule has 1 aromatic heterocycles. The first kappa shape index (κ1) is 22.2. The van der Waals surface area contributed by atoms with Crippen molar-refractivity contribution in [2.24, 2.45) is 7.05 Å². The molecule has 0 saturated carbocycles. The van der Waals surface area contributed by atoms with Crippen LogP contribution in [0.3, 0.4) is 0 Å². The number of benzene rings is 2. The van der Waals surface area contributed by atoms with E-state index in [4.69, 9.17) is 23.2 Å². The molecule has 2 aromatic carbocycles. The Bertz CT molecular complexity index is 1330. The van der Waals surface area contributed by atoms with Crippen molar-refractivity contribution in [2.45, 2.75) is 12.0 Å². The van der Waals surface area contributed by atoms with E-state index in [-0.39, 0.29) is 63.2 Å². The van der Waals surface area contributed by atoms with Crippen LogP contribution in [0.15, 0.2) is 48.0 Å². The van der Waals surface area contributed by atoms with Crippen LogP contribution in [0.25, 0.3) is 10.9 Å². The molecule has 32 heavy (non-hydrogen) atoms. The smallest absolute Gasteiger partial charge is 0.260 e. The lowest BCUT2D eigenvalue weighted by Crippen LogP contribution is -2.41. The Morgan fingerprint density at radius 3 is 2.75 bits per heavy atom. The van der Waals surface area contributed by atoms with Crippen molar-refractivity contribution in [3.8, 4) is 0 Å². The summed E-state index contributed by atoms with van der Waals surface area (Å²) in [6.07, 6.45) is 2.67. The number of carbonyl (C=O) groups excluding carboxylic acids is 1. The average Bonchev–Trinajstić information content (AvgIpc) is 3.19. The van der Waals surface area contributed by atoms with E-state index in [0.29, 0.717) is 0 Å². The molecule has 1 aliphatic heterocycles. The molecule has 1 aliphatic rings. The number of halogens is 4. The first-order valence-electron chi connectivity index (χ1n) is 9.65. The Balaban J connectivity index is 1.90. The Morgan fingerprint density at radius 2 is 2.03 bits per heavy atom. The topological polar surface area (TPSA) is 67.2 Å². The van der Waals surface area contributed by atoms with Gasteiger partial charge in [0.05, 0.1) is 38.5 Å². The molecular weight excluding hydrogens is 461 g/mol. The molecule has 3 aromatic rings. The lowest BCUT2D eigenvalue weighted by molar-refractivity contribution is -0.125. The predicted molar refractivity (Wildman–Crippen MR) is 120 cm³/mol. The molecule has 1 fully saturated rings. The van der Waals surface area contributed by atoms with E-state index in [9.17, 15) is 9.59 Å². The van der Waals surface area contributed by atoms with Crippen molar-refractivity contribution >= 4 is 45.7 Å². The molecular formula is C22H18Cl2F2N4O2. The van der Waals surface area contributed by atoms with Crippen LogP contribution in [0, 0.1) is 11.6 Å². The van der Waals surface area contributed by atoms with Crippen LogP contribution < -0.4 is 10.9 Å². The van der Waals surface area contributed by atoms with Crippen LogP contribution in [0.1, 0.15) is 12.0 Å². The van der Waals surface area contributed by atoms with Crippen molar-refractivity contribution in [3.05, 3.63) is 80.8 Å². The van der Waals surface area contributed by atoms with Crippen molar-refractivity contribution in [1.82, 2.24) is 14.5 Å². The number of hydrogen-bond donors (Lipinski definition) is 1. The summed E-state index contributed by atoms with van der Waals surface area (Å²) in [5, 5.41) is 3.30. The number of carbonyl (C=O) groups is 1. The summed E-state index contributed by atoms with van der Waals surface area (Å²) in [5.74, 6) is -1.70. The molecule has 4 rings (SSSR count). The molecule has 1 saturated heterocycles. The van der Waals surface area contributed by atoms with Gasteiger partial charge in [0.2, 0.25) is 5.91 Å². The third-order valence-corrected chi connectivity index (χ3v) is 6.46. The maximum Gasteiger partial charge on any atom is 0.260 e. The van der Waals surface area contributed by atoms with Crippen LogP contribution in [-0.4, -0.2) is 33.4 Å². The molecule has 0 spiro atoms. The number of fused-ring (bicyclic) bond motifs is 1. The third kappa shape index (κ3) is 3.63. The Labute approximate surface area is 192 Å². The van der Waals surface area contributed by atoms with Gasteiger partial charge in [0.25, 0.3) is 5.56 Å². The second-order valence-electron chi connectivity index (χ2n) is 7.65. The first-order chi connectivity index (χ1) is 15.2. The quantitative estimate of drug-likeness (QED) is 0.449. The lowest BCUT2D eigenvalue weighted by Gasteiger charge is -2.33. The molecule has 1 amide bonds. The van der Waals surface area contributed by atoms with Crippen LogP contribution in [0.4, 0.5) is 14.5 Å². The van der Waals surface area contributed by atoms with Crippen LogP contribution in [0.5, 0.6) is 0 Å². The van der Waals surface area contributed by atoms with Gasteiger partial charge < -0.3 is 14.8 Å². The fraction of sp³-hybridized carbons (Fsp3) is 0.227. The minimum absolute atomic E-state index is 0.0165. The van der Waals surface area contributed by atoms with Gasteiger partial charge in [-0.05, 0) is 30.7 Å². The van der Waals surface area contributed by atoms with Gasteiger partial charge in [0.1, 0.15) is 11.6 Å². The highest BCUT2D eigenvalue weighted by molar-refractivity contribution is 6.42. The zero-order chi connectivity index (χ0) is 23.2. The summed E-state index contributed by atoms with van der Waals surface area (Å²) in [6.45, 7) is 3.72. The summed E-state index contributed by atoms with van der Waals surface area (Å²) in [7, 11) is 1.53. The summed E-state index contributed by atoms with van der Waals surface area (Å²) in [6, 6.07) is 4.95. The van der Waals surface area contributed by atoms with Crippen molar-refractivity contribution in [1.29, 1.82) is 0 Å². The highest BCUT2D eigenvalue weighted by Crippen LogP contribution is 2.43. The molecule has 1 N–H and O–H groups in total. The molecule has 0 bridgehead atoms. The summed E-state index contributed by atoms with van der Waals surface area (Å²) < 4.78 is 31.4. The van der Waals surface area contributed by atoms with Crippen molar-refractivity contribution in [3.63, 3.8) is 0 Å². The van der Waals surface area contributed by atoms with Gasteiger partial charge in [-0.2, -0.15) is 0 Å². The zero-order valence-electron chi connectivity index (χ0n) is 17.0. The second-order valence-corrected chi connectivity index (χ2v) is 8.43. The number of anilines is 1. The number of hydrogen-bond acceptors (Lipinski definition) is 4. The summed E-state index contributed by atoms with van der Waals surface area (Å²) in [5.41, 5.74) is -1.51. The minimum Gasteiger partial charge on any atom is -0.371 e. The normalized spacial score (nSPS) is 18.2. The van der Waals surface area contributed by atoms with Gasteiger partial charge in [0.15, 0.2) is 0 Å². The van der Waals surface area contributed by atoms with Crippen molar-refractivity contribution in [2.75, 3.05) is 18.4 Å². The monoisotopic (exact) mass is 478 g/mol. The maximum absolute atomic E-state index is 15.0. The highest BCUT2D eigenvalue weighted by Gasteiger charge is 2.45. The molecule has 10 heteroatoms. The predicted octanol–water partition coefficient (Wildman–Crippen LogP) is 4.24. The molecule has 6 nitrogen and oxygen atoms in total. The van der Waals surface area contributed by atoms with Crippen LogP contribution in [0.2, 0.25) is 10.0 Å². The average molecular weight is 479 g/mol. The van der Waals surface area contributed by atoms with Crippen LogP contribution in [-0.2, 0) is 17.4 Å². The number of nitrogens with zero attached hydrogens (tertiary/aromatic N) is 3. The number of amides is 1. The number of nitrogens with one attached hydrogen (secondary N) is 1. The van der Waals surface area contributed by atoms with Gasteiger partial charge in [0, 0.05) is 31.8 Å². The minimum atomic E-state index is -1.30. The first-order valence-corrected chi connectivity index (χ1v) is 10.4. The standard InChI is InChI=1S/C22H18Cl2F2N4O2/c1-3-18(31)30-7-6-22(10-30,19-14(25)5-4-13(23)20(19)24)28-17-8-12-16(9-15(17)26)27-11-29(2)21(12)32/h3-5,8-9,11,28H,1,6-7,10H2,2H3/t22-/m0/s1. The van der Waals surface area contributed by atoms with Crippen molar-refractivity contribution < 1.29 is 13.6 Å². The largest absolute Gasteiger partial charge is 0.371 e. The number of aromatic nitrogens is 2. The Morgan fingerprint density at radius 1 is 1.28 bits per heavy atom. The maximum atomic E-state index is 15.0. The SMILES string of the molecule is C=CC(=O)N1CC[C@@](Nc2cc3c(=O)n(C)cnc3cc2F)(c2c(F)ccc(Cl)c2Cl)C1. The fourth-order valence-corrected chi connectivity index (χ4v) is 4.54. The van der Waals surface area contributed by atoms with Crippen LogP contribution >= 0.6 is 23.2 Å². The molecule has 166 valence electrons. The summed E-state index contributed by atoms with van der Waals surface area (Å²) >= 11 is 12.5. The number of rotatable bonds is 4. The summed E-state index contributed by atoms with van der Waals surface area (Å²) in [4.78, 5) is 30.3. The fourth-order valence-electron chi connectivity index (χ4n) is 4.05. The molecule has 2 heterocycles. The lowest BCUT2D eigenvalue weighted by atomic mass is 9.87. The van der Waals surface area contributed by atoms with E-state index in [1.54, 1.807) is 0 Å². The zero-order valence-corrected chi connectivity index (χ0v) is 18.5. The van der Waals surface area contributed by atoms with Gasteiger partial charge >= 0.3 is 0 Å².